The molecule has 1 heterocycles. The molecular formula is C29H26F3N3O5. The molecule has 11 heteroatoms. The summed E-state index contributed by atoms with van der Waals surface area (Å²) in [6.45, 7) is 1.80. The van der Waals surface area contributed by atoms with Crippen LogP contribution in [0.1, 0.15) is 50.7 Å². The summed E-state index contributed by atoms with van der Waals surface area (Å²) in [6, 6.07) is 12.7. The van der Waals surface area contributed by atoms with E-state index in [-0.39, 0.29) is 30.6 Å². The molecule has 3 aromatic carbocycles. The Morgan fingerprint density at radius 2 is 1.45 bits per heavy atom. The van der Waals surface area contributed by atoms with Crippen LogP contribution in [0.25, 0.3) is 0 Å². The quantitative estimate of drug-likeness (QED) is 0.459. The van der Waals surface area contributed by atoms with E-state index in [0.717, 1.165) is 39.6 Å². The van der Waals surface area contributed by atoms with E-state index in [4.69, 9.17) is 0 Å². The van der Waals surface area contributed by atoms with E-state index in [1.165, 1.54) is 12.1 Å². The third kappa shape index (κ3) is 6.48. The third-order valence-electron chi connectivity index (χ3n) is 6.49. The Bertz CT molecular complexity index is 1430. The lowest BCUT2D eigenvalue weighted by Crippen LogP contribution is -2.63. The molecule has 3 amide bonds. The summed E-state index contributed by atoms with van der Waals surface area (Å²) < 4.78 is 41.4. The van der Waals surface area contributed by atoms with Gasteiger partial charge in [0.05, 0.1) is 12.5 Å². The van der Waals surface area contributed by atoms with Crippen molar-refractivity contribution in [2.24, 2.45) is 0 Å². The maximum Gasteiger partial charge on any atom is 0.305 e. The minimum atomic E-state index is -1.59. The first-order chi connectivity index (χ1) is 19.0. The number of aliphatic carboxylic acids is 1. The molecule has 208 valence electrons. The number of hydrogen-bond acceptors (Lipinski definition) is 4. The van der Waals surface area contributed by atoms with Crippen LogP contribution in [0.4, 0.5) is 13.2 Å². The van der Waals surface area contributed by atoms with Crippen molar-refractivity contribution in [2.45, 2.75) is 32.0 Å². The fraction of sp³-hybridized carbons (Fsp3) is 0.241. The van der Waals surface area contributed by atoms with Gasteiger partial charge in [0, 0.05) is 30.3 Å². The van der Waals surface area contributed by atoms with E-state index >= 15 is 0 Å². The molecule has 1 fully saturated rings. The molecule has 0 bridgehead atoms. The van der Waals surface area contributed by atoms with Gasteiger partial charge >= 0.3 is 5.97 Å². The van der Waals surface area contributed by atoms with Gasteiger partial charge in [-0.3, -0.25) is 19.2 Å². The Balaban J connectivity index is 1.74. The number of aryl methyl sites for hydroxylation is 1. The average Bonchev–Trinajstić information content (AvgIpc) is 2.91. The highest BCUT2D eigenvalue weighted by atomic mass is 19.1. The number of rotatable bonds is 7. The number of benzene rings is 3. The highest BCUT2D eigenvalue weighted by Gasteiger charge is 2.42. The Labute approximate surface area is 228 Å². The van der Waals surface area contributed by atoms with E-state index in [1.807, 2.05) is 0 Å². The van der Waals surface area contributed by atoms with Crippen LogP contribution < -0.4 is 5.32 Å². The molecule has 0 aliphatic carbocycles. The predicted molar refractivity (Wildman–Crippen MR) is 138 cm³/mol. The number of hydrogen-bond donors (Lipinski definition) is 2. The number of amides is 3. The van der Waals surface area contributed by atoms with Crippen LogP contribution in [0.15, 0.2) is 66.7 Å². The van der Waals surface area contributed by atoms with Gasteiger partial charge in [0.25, 0.3) is 17.7 Å². The molecule has 0 spiro atoms. The van der Waals surface area contributed by atoms with Gasteiger partial charge in [-0.1, -0.05) is 29.8 Å². The zero-order valence-corrected chi connectivity index (χ0v) is 21.4. The second kappa shape index (κ2) is 12.0. The molecular weight excluding hydrogens is 527 g/mol. The van der Waals surface area contributed by atoms with Crippen LogP contribution in [0.5, 0.6) is 0 Å². The van der Waals surface area contributed by atoms with Crippen LogP contribution in [0.2, 0.25) is 0 Å². The first kappa shape index (κ1) is 28.3. The number of carbonyl (C=O) groups is 4. The number of nitrogens with one attached hydrogen (secondary N) is 1. The lowest BCUT2D eigenvalue weighted by Gasteiger charge is -2.43. The van der Waals surface area contributed by atoms with Crippen molar-refractivity contribution in [3.63, 3.8) is 0 Å². The lowest BCUT2D eigenvalue weighted by molar-refractivity contribution is -0.138. The Morgan fingerprint density at radius 3 is 2.02 bits per heavy atom. The molecule has 1 saturated heterocycles. The van der Waals surface area contributed by atoms with E-state index < -0.39 is 59.8 Å². The van der Waals surface area contributed by atoms with Crippen LogP contribution >= 0.6 is 0 Å². The number of carboxylic acid groups (broad SMARTS) is 1. The van der Waals surface area contributed by atoms with Gasteiger partial charge in [0.1, 0.15) is 17.5 Å². The molecule has 8 nitrogen and oxygen atoms in total. The van der Waals surface area contributed by atoms with Crippen LogP contribution in [-0.4, -0.2) is 57.9 Å². The van der Waals surface area contributed by atoms with Crippen LogP contribution in [0.3, 0.4) is 0 Å². The van der Waals surface area contributed by atoms with Crippen LogP contribution in [-0.2, 0) is 9.59 Å². The fourth-order valence-corrected chi connectivity index (χ4v) is 4.69. The first-order valence-corrected chi connectivity index (χ1v) is 12.5. The molecule has 1 aliphatic heterocycles. The third-order valence-corrected chi connectivity index (χ3v) is 6.49. The molecule has 0 saturated carbocycles. The number of halogens is 3. The monoisotopic (exact) mass is 553 g/mol. The minimum Gasteiger partial charge on any atom is -0.481 e. The number of carbonyl (C=O) groups excluding carboxylic acids is 3. The van der Waals surface area contributed by atoms with Crippen molar-refractivity contribution in [1.29, 1.82) is 0 Å². The maximum atomic E-state index is 13.9. The zero-order chi connectivity index (χ0) is 29.0. The van der Waals surface area contributed by atoms with Crippen molar-refractivity contribution in [2.75, 3.05) is 13.1 Å². The van der Waals surface area contributed by atoms with Gasteiger partial charge in [-0.15, -0.1) is 0 Å². The Kier molecular flexibility index (Phi) is 8.52. The molecule has 2 atom stereocenters. The van der Waals surface area contributed by atoms with Crippen molar-refractivity contribution in [3.05, 3.63) is 106 Å². The average molecular weight is 554 g/mol. The van der Waals surface area contributed by atoms with E-state index in [0.29, 0.717) is 11.6 Å². The molecule has 40 heavy (non-hydrogen) atoms. The largest absolute Gasteiger partial charge is 0.481 e. The van der Waals surface area contributed by atoms with E-state index in [2.05, 4.69) is 5.32 Å². The van der Waals surface area contributed by atoms with E-state index in [9.17, 15) is 37.5 Å². The fourth-order valence-electron chi connectivity index (χ4n) is 4.69. The minimum absolute atomic E-state index is 0.0314. The summed E-state index contributed by atoms with van der Waals surface area (Å²) in [5, 5.41) is 12.2. The molecule has 4 rings (SSSR count). The summed E-state index contributed by atoms with van der Waals surface area (Å²) in [4.78, 5) is 54.6. The predicted octanol–water partition coefficient (Wildman–Crippen LogP) is 4.06. The van der Waals surface area contributed by atoms with Crippen molar-refractivity contribution >= 4 is 23.7 Å². The van der Waals surface area contributed by atoms with Gasteiger partial charge < -0.3 is 20.2 Å². The van der Waals surface area contributed by atoms with Crippen molar-refractivity contribution in [3.8, 4) is 0 Å². The summed E-state index contributed by atoms with van der Waals surface area (Å²) in [5.74, 6) is -6.23. The topological polar surface area (TPSA) is 107 Å². The standard InChI is InChI=1S/C29H26F3N3O5/c1-17-4-2-5-19(12-17)24(16-25(36)37)33-26(38)27-34(28(39)18-6-8-21(30)9-7-18)10-3-11-35(27)29(40)20-13-22(31)15-23(32)14-20/h2,4-9,12-15,24,27H,3,10-11,16H2,1H3,(H,33,38)(H,36,37). The zero-order valence-electron chi connectivity index (χ0n) is 21.4. The first-order valence-electron chi connectivity index (χ1n) is 12.5. The Hall–Kier alpha value is -4.67. The smallest absolute Gasteiger partial charge is 0.305 e. The lowest BCUT2D eigenvalue weighted by atomic mass is 10.0. The Morgan fingerprint density at radius 1 is 0.850 bits per heavy atom. The normalized spacial score (nSPS) is 15.8. The molecule has 0 aromatic heterocycles. The van der Waals surface area contributed by atoms with Crippen molar-refractivity contribution < 1.29 is 37.5 Å². The molecule has 2 N–H and O–H groups in total. The number of nitrogens with zero attached hydrogens (tertiary/aromatic N) is 2. The van der Waals surface area contributed by atoms with Crippen molar-refractivity contribution in [1.82, 2.24) is 15.1 Å². The summed E-state index contributed by atoms with van der Waals surface area (Å²) >= 11 is 0. The van der Waals surface area contributed by atoms with Gasteiger partial charge in [-0.25, -0.2) is 13.2 Å². The van der Waals surface area contributed by atoms with Gasteiger partial charge in [-0.2, -0.15) is 0 Å². The van der Waals surface area contributed by atoms with Gasteiger partial charge in [0.2, 0.25) is 0 Å². The molecule has 1 aliphatic rings. The maximum absolute atomic E-state index is 13.9. The molecule has 0 radical (unpaired) electrons. The molecule has 2 unspecified atom stereocenters. The highest BCUT2D eigenvalue weighted by Crippen LogP contribution is 2.24. The van der Waals surface area contributed by atoms with Gasteiger partial charge in [0.15, 0.2) is 6.17 Å². The summed E-state index contributed by atoms with van der Waals surface area (Å²) in [5.41, 5.74) is 0.990. The second-order valence-electron chi connectivity index (χ2n) is 9.46. The van der Waals surface area contributed by atoms with Gasteiger partial charge in [-0.05, 0) is 55.3 Å². The summed E-state index contributed by atoms with van der Waals surface area (Å²) in [7, 11) is 0. The molecule has 3 aromatic rings. The SMILES string of the molecule is Cc1cccc(C(CC(=O)O)NC(=O)C2N(C(=O)c3ccc(F)cc3)CCCN2C(=O)c2cc(F)cc(F)c2)c1. The highest BCUT2D eigenvalue weighted by molar-refractivity contribution is 6.01. The second-order valence-corrected chi connectivity index (χ2v) is 9.46. The number of carboxylic acids is 1. The van der Waals surface area contributed by atoms with Crippen LogP contribution in [0, 0.1) is 24.4 Å². The summed E-state index contributed by atoms with van der Waals surface area (Å²) in [6.07, 6.45) is -1.85. The van der Waals surface area contributed by atoms with E-state index in [1.54, 1.807) is 31.2 Å².